The van der Waals surface area contributed by atoms with E-state index < -0.39 is 12.2 Å². The minimum atomic E-state index is -4.75. The van der Waals surface area contributed by atoms with Gasteiger partial charge in [0, 0.05) is 13.6 Å². The smallest absolute Gasteiger partial charge is 0.406 e. The van der Waals surface area contributed by atoms with Crippen LogP contribution in [0.1, 0.15) is 5.56 Å². The zero-order chi connectivity index (χ0) is 20.3. The van der Waals surface area contributed by atoms with Gasteiger partial charge in [-0.05, 0) is 29.8 Å². The number of carbonyl (C=O) groups excluding carboxylic acids is 1. The highest BCUT2D eigenvalue weighted by molar-refractivity contribution is 7.22. The van der Waals surface area contributed by atoms with Gasteiger partial charge in [-0.3, -0.25) is 4.79 Å². The number of halogens is 4. The van der Waals surface area contributed by atoms with Crippen molar-refractivity contribution in [2.45, 2.75) is 12.9 Å². The number of hydrogen-bond donors (Lipinski definition) is 1. The highest BCUT2D eigenvalue weighted by Crippen LogP contribution is 2.29. The molecule has 0 atom stereocenters. The van der Waals surface area contributed by atoms with Crippen LogP contribution in [-0.4, -0.2) is 30.8 Å². The number of para-hydroxylation sites is 1. The van der Waals surface area contributed by atoms with Crippen molar-refractivity contribution in [3.8, 4) is 5.75 Å². The van der Waals surface area contributed by atoms with E-state index in [4.69, 9.17) is 0 Å². The lowest BCUT2D eigenvalue weighted by molar-refractivity contribution is -0.274. The molecule has 0 saturated heterocycles. The Labute approximate surface area is 161 Å². The van der Waals surface area contributed by atoms with Crippen molar-refractivity contribution in [2.75, 3.05) is 18.5 Å². The van der Waals surface area contributed by atoms with Crippen LogP contribution in [0, 0.1) is 5.82 Å². The first-order chi connectivity index (χ1) is 13.2. The van der Waals surface area contributed by atoms with Gasteiger partial charge in [-0.1, -0.05) is 29.5 Å². The Morgan fingerprint density at radius 2 is 1.93 bits per heavy atom. The molecule has 28 heavy (non-hydrogen) atoms. The second kappa shape index (κ2) is 8.01. The van der Waals surface area contributed by atoms with Gasteiger partial charge in [-0.2, -0.15) is 0 Å². The normalized spacial score (nSPS) is 11.5. The number of carbonyl (C=O) groups is 1. The van der Waals surface area contributed by atoms with E-state index in [0.717, 1.165) is 0 Å². The summed E-state index contributed by atoms with van der Waals surface area (Å²) in [5.74, 6) is -1.06. The molecule has 0 aliphatic carbocycles. The number of fused-ring (bicyclic) bond motifs is 1. The van der Waals surface area contributed by atoms with E-state index in [1.54, 1.807) is 24.1 Å². The first-order valence-corrected chi connectivity index (χ1v) is 8.90. The molecule has 148 valence electrons. The Bertz CT molecular complexity index is 973. The Kier molecular flexibility index (Phi) is 5.68. The quantitative estimate of drug-likeness (QED) is 0.619. The second-order valence-corrected chi connectivity index (χ2v) is 6.92. The van der Waals surface area contributed by atoms with Gasteiger partial charge in [-0.25, -0.2) is 9.37 Å². The maximum Gasteiger partial charge on any atom is 0.573 e. The summed E-state index contributed by atoms with van der Waals surface area (Å²) in [7, 11) is 1.67. The number of aromatic nitrogens is 1. The third-order valence-corrected chi connectivity index (χ3v) is 4.85. The molecule has 1 amide bonds. The summed E-state index contributed by atoms with van der Waals surface area (Å²) in [6.07, 6.45) is -4.75. The van der Waals surface area contributed by atoms with Crippen LogP contribution in [-0.2, 0) is 11.3 Å². The standard InChI is InChI=1S/C18H15F4N3O2S/c1-25(17-24-16-13(19)3-2-4-14(16)28-17)10-15(26)23-9-11-5-7-12(8-6-11)27-18(20,21)22/h2-8H,9-10H2,1H3,(H,23,26). The zero-order valence-electron chi connectivity index (χ0n) is 14.6. The monoisotopic (exact) mass is 413 g/mol. The number of likely N-dealkylation sites (N-methyl/N-ethyl adjacent to an activating group) is 1. The molecule has 0 unspecified atom stereocenters. The van der Waals surface area contributed by atoms with Crippen LogP contribution in [0.25, 0.3) is 10.2 Å². The summed E-state index contributed by atoms with van der Waals surface area (Å²) in [6.45, 7) is 0.143. The summed E-state index contributed by atoms with van der Waals surface area (Å²) in [5.41, 5.74) is 0.878. The minimum Gasteiger partial charge on any atom is -0.406 e. The van der Waals surface area contributed by atoms with Crippen molar-refractivity contribution in [3.63, 3.8) is 0 Å². The third kappa shape index (κ3) is 5.10. The molecular formula is C18H15F4N3O2S. The maximum atomic E-state index is 13.7. The Balaban J connectivity index is 1.54. The molecule has 1 N–H and O–H groups in total. The Hall–Kier alpha value is -2.88. The van der Waals surface area contributed by atoms with Crippen molar-refractivity contribution in [1.82, 2.24) is 10.3 Å². The first kappa shape index (κ1) is 19.9. The largest absolute Gasteiger partial charge is 0.573 e. The van der Waals surface area contributed by atoms with Crippen molar-refractivity contribution in [1.29, 1.82) is 0 Å². The van der Waals surface area contributed by atoms with E-state index in [9.17, 15) is 22.4 Å². The van der Waals surface area contributed by atoms with Crippen LogP contribution in [0.15, 0.2) is 42.5 Å². The maximum absolute atomic E-state index is 13.7. The number of hydrogen-bond acceptors (Lipinski definition) is 5. The number of rotatable bonds is 6. The predicted octanol–water partition coefficient (Wildman–Crippen LogP) is 4.09. The molecule has 0 bridgehead atoms. The van der Waals surface area contributed by atoms with Crippen LogP contribution in [0.3, 0.4) is 0 Å². The highest BCUT2D eigenvalue weighted by atomic mass is 32.1. The molecule has 0 spiro atoms. The summed E-state index contributed by atoms with van der Waals surface area (Å²) in [5, 5.41) is 3.18. The van der Waals surface area contributed by atoms with Crippen LogP contribution in [0.2, 0.25) is 0 Å². The van der Waals surface area contributed by atoms with E-state index in [1.807, 2.05) is 0 Å². The lowest BCUT2D eigenvalue weighted by Crippen LogP contribution is -2.34. The van der Waals surface area contributed by atoms with Crippen molar-refractivity contribution >= 4 is 32.6 Å². The van der Waals surface area contributed by atoms with Crippen molar-refractivity contribution < 1.29 is 27.1 Å². The van der Waals surface area contributed by atoms with E-state index in [-0.39, 0.29) is 30.3 Å². The molecule has 1 heterocycles. The molecule has 1 aromatic heterocycles. The summed E-state index contributed by atoms with van der Waals surface area (Å²) < 4.78 is 54.6. The average Bonchev–Trinajstić information content (AvgIpc) is 3.06. The Morgan fingerprint density at radius 1 is 1.21 bits per heavy atom. The highest BCUT2D eigenvalue weighted by Gasteiger charge is 2.30. The number of nitrogens with zero attached hydrogens (tertiary/aromatic N) is 2. The zero-order valence-corrected chi connectivity index (χ0v) is 15.4. The van der Waals surface area contributed by atoms with Gasteiger partial charge in [0.25, 0.3) is 0 Å². The van der Waals surface area contributed by atoms with E-state index in [2.05, 4.69) is 15.0 Å². The molecule has 3 aromatic rings. The fraction of sp³-hybridized carbons (Fsp3) is 0.222. The van der Waals surface area contributed by atoms with Gasteiger partial charge in [0.05, 0.1) is 11.2 Å². The topological polar surface area (TPSA) is 54.5 Å². The van der Waals surface area contributed by atoms with Gasteiger partial charge < -0.3 is 15.0 Å². The van der Waals surface area contributed by atoms with E-state index in [1.165, 1.54) is 41.7 Å². The summed E-state index contributed by atoms with van der Waals surface area (Å²) in [4.78, 5) is 17.9. The number of thiazole rings is 1. The third-order valence-electron chi connectivity index (χ3n) is 3.71. The van der Waals surface area contributed by atoms with Crippen molar-refractivity contribution in [2.24, 2.45) is 0 Å². The van der Waals surface area contributed by atoms with Gasteiger partial charge >= 0.3 is 6.36 Å². The molecule has 0 saturated carbocycles. The van der Waals surface area contributed by atoms with Gasteiger partial charge in [0.2, 0.25) is 5.91 Å². The van der Waals surface area contributed by atoms with Crippen molar-refractivity contribution in [3.05, 3.63) is 53.8 Å². The number of amides is 1. The van der Waals surface area contributed by atoms with E-state index >= 15 is 0 Å². The number of ether oxygens (including phenoxy) is 1. The fourth-order valence-electron chi connectivity index (χ4n) is 2.42. The predicted molar refractivity (Wildman–Crippen MR) is 97.8 cm³/mol. The van der Waals surface area contributed by atoms with Crippen LogP contribution in [0.4, 0.5) is 22.7 Å². The van der Waals surface area contributed by atoms with Crippen LogP contribution >= 0.6 is 11.3 Å². The molecule has 10 heteroatoms. The van der Waals surface area contributed by atoms with Gasteiger partial charge in [0.15, 0.2) is 5.13 Å². The number of anilines is 1. The van der Waals surface area contributed by atoms with E-state index in [0.29, 0.717) is 15.4 Å². The number of alkyl halides is 3. The molecule has 0 fully saturated rings. The van der Waals surface area contributed by atoms with Gasteiger partial charge in [-0.15, -0.1) is 13.2 Å². The number of benzene rings is 2. The summed E-state index contributed by atoms with van der Waals surface area (Å²) in [6, 6.07) is 9.89. The molecule has 0 aliphatic rings. The van der Waals surface area contributed by atoms with Crippen LogP contribution < -0.4 is 15.0 Å². The average molecular weight is 413 g/mol. The summed E-state index contributed by atoms with van der Waals surface area (Å²) >= 11 is 1.27. The molecule has 3 rings (SSSR count). The molecule has 5 nitrogen and oxygen atoms in total. The lowest BCUT2D eigenvalue weighted by Gasteiger charge is -2.15. The lowest BCUT2D eigenvalue weighted by atomic mass is 10.2. The second-order valence-electron chi connectivity index (χ2n) is 5.91. The SMILES string of the molecule is CN(CC(=O)NCc1ccc(OC(F)(F)F)cc1)c1nc2c(F)cccc2s1. The molecular weight excluding hydrogens is 398 g/mol. The fourth-order valence-corrected chi connectivity index (χ4v) is 3.36. The minimum absolute atomic E-state index is 0.00326. The molecule has 0 radical (unpaired) electrons. The molecule has 0 aliphatic heterocycles. The first-order valence-electron chi connectivity index (χ1n) is 8.09. The molecule has 2 aromatic carbocycles. The van der Waals surface area contributed by atoms with Gasteiger partial charge in [0.1, 0.15) is 17.1 Å². The Morgan fingerprint density at radius 3 is 2.57 bits per heavy atom. The van der Waals surface area contributed by atoms with Crippen LogP contribution in [0.5, 0.6) is 5.75 Å². The number of nitrogens with one attached hydrogen (secondary N) is 1.